The van der Waals surface area contributed by atoms with Gasteiger partial charge in [0.25, 0.3) is 10.0 Å². The lowest BCUT2D eigenvalue weighted by Gasteiger charge is -2.29. The smallest absolute Gasteiger partial charge is 0.255 e. The minimum Gasteiger partial charge on any atom is -0.348 e. The van der Waals surface area contributed by atoms with Crippen LogP contribution in [0.15, 0.2) is 35.9 Å². The third-order valence-electron chi connectivity index (χ3n) is 4.81. The molecule has 0 amide bonds. The molecule has 12 heteroatoms. The summed E-state index contributed by atoms with van der Waals surface area (Å²) in [6, 6.07) is 3.00. The molecule has 4 rings (SSSR count). The molecule has 158 valence electrons. The van der Waals surface area contributed by atoms with E-state index >= 15 is 0 Å². The van der Waals surface area contributed by atoms with Gasteiger partial charge in [0.05, 0.1) is 42.3 Å². The van der Waals surface area contributed by atoms with Crippen molar-refractivity contribution in [3.8, 4) is 0 Å². The van der Waals surface area contributed by atoms with Crippen molar-refractivity contribution in [2.24, 2.45) is 5.14 Å². The normalized spacial score (nSPS) is 14.1. The zero-order chi connectivity index (χ0) is 21.5. The van der Waals surface area contributed by atoms with Crippen molar-refractivity contribution in [2.75, 3.05) is 16.8 Å². The molecule has 0 aromatic carbocycles. The van der Waals surface area contributed by atoms with E-state index in [0.29, 0.717) is 25.2 Å². The molecule has 0 fully saturated rings. The second-order valence-corrected chi connectivity index (χ2v) is 8.74. The molecule has 3 aromatic heterocycles. The number of rotatable bonds is 5. The molecule has 30 heavy (non-hydrogen) atoms. The van der Waals surface area contributed by atoms with Crippen LogP contribution >= 0.6 is 0 Å². The number of hydrogen-bond donors (Lipinski definition) is 2. The highest BCUT2D eigenvalue weighted by Crippen LogP contribution is 2.27. The molecule has 0 unspecified atom stereocenters. The molecule has 0 spiro atoms. The Morgan fingerprint density at radius 1 is 1.20 bits per heavy atom. The number of fused-ring (bicyclic) bond motifs is 1. The molecule has 0 atom stereocenters. The zero-order valence-corrected chi connectivity index (χ0v) is 17.3. The number of pyridine rings is 1. The average molecular weight is 432 g/mol. The Hall–Kier alpha value is -3.12. The third kappa shape index (κ3) is 3.96. The van der Waals surface area contributed by atoms with Crippen LogP contribution in [0.5, 0.6) is 0 Å². The Balaban J connectivity index is 1.57. The lowest BCUT2D eigenvalue weighted by molar-refractivity contribution is 0.546. The molecule has 0 bridgehead atoms. The van der Waals surface area contributed by atoms with E-state index in [0.717, 1.165) is 17.6 Å². The summed E-state index contributed by atoms with van der Waals surface area (Å²) < 4.78 is 39.2. The summed E-state index contributed by atoms with van der Waals surface area (Å²) in [5, 5.41) is 7.70. The van der Waals surface area contributed by atoms with E-state index in [4.69, 9.17) is 5.14 Å². The number of halogens is 1. The summed E-state index contributed by atoms with van der Waals surface area (Å²) >= 11 is 0. The Kier molecular flexibility index (Phi) is 5.12. The summed E-state index contributed by atoms with van der Waals surface area (Å²) in [5.74, 6) is -0.175. The van der Waals surface area contributed by atoms with E-state index in [1.165, 1.54) is 18.3 Å². The summed E-state index contributed by atoms with van der Waals surface area (Å²) in [7, 11) is -3.88. The maximum Gasteiger partial charge on any atom is 0.255 e. The Labute approximate surface area is 173 Å². The fourth-order valence-corrected chi connectivity index (χ4v) is 3.78. The summed E-state index contributed by atoms with van der Waals surface area (Å²) in [6.07, 6.45) is 4.91. The van der Waals surface area contributed by atoms with E-state index in [-0.39, 0.29) is 22.8 Å². The predicted molar refractivity (Wildman–Crippen MR) is 108 cm³/mol. The monoisotopic (exact) mass is 432 g/mol. The molecule has 10 nitrogen and oxygen atoms in total. The van der Waals surface area contributed by atoms with Gasteiger partial charge in [-0.1, -0.05) is 0 Å². The van der Waals surface area contributed by atoms with E-state index in [2.05, 4.69) is 43.7 Å². The SMILES string of the molecule is CC(C)n1cnc2c1CN(c1nc(Nc3ccc(S(N)(=O)=O)nc3)ncc1F)CC2. The highest BCUT2D eigenvalue weighted by Gasteiger charge is 2.25. The predicted octanol–water partition coefficient (Wildman–Crippen LogP) is 1.74. The number of hydrogen-bond acceptors (Lipinski definition) is 8. The Morgan fingerprint density at radius 2 is 2.00 bits per heavy atom. The number of imidazole rings is 1. The Morgan fingerprint density at radius 3 is 2.67 bits per heavy atom. The van der Waals surface area contributed by atoms with Crippen LogP contribution in [0.3, 0.4) is 0 Å². The van der Waals surface area contributed by atoms with Crippen LogP contribution < -0.4 is 15.4 Å². The lowest BCUT2D eigenvalue weighted by Crippen LogP contribution is -2.33. The van der Waals surface area contributed by atoms with Crippen LogP contribution in [-0.2, 0) is 23.0 Å². The van der Waals surface area contributed by atoms with Crippen molar-refractivity contribution in [3.05, 3.63) is 48.1 Å². The van der Waals surface area contributed by atoms with Crippen LogP contribution in [0.1, 0.15) is 31.3 Å². The number of primary sulfonamides is 1. The quantitative estimate of drug-likeness (QED) is 0.623. The minimum absolute atomic E-state index is 0.166. The standard InChI is InChI=1S/C18H21FN8O2S/c1-11(2)27-10-23-14-5-6-26(9-15(14)27)17-13(19)8-22-18(25-17)24-12-3-4-16(21-7-12)30(20,28)29/h3-4,7-8,10-11H,5-6,9H2,1-2H3,(H2,20,28,29)(H,22,24,25). The van der Waals surface area contributed by atoms with Gasteiger partial charge in [-0.05, 0) is 26.0 Å². The maximum atomic E-state index is 14.5. The fraction of sp³-hybridized carbons (Fsp3) is 0.333. The van der Waals surface area contributed by atoms with E-state index in [9.17, 15) is 12.8 Å². The van der Waals surface area contributed by atoms with Gasteiger partial charge < -0.3 is 14.8 Å². The summed E-state index contributed by atoms with van der Waals surface area (Å²) in [5.41, 5.74) is 2.51. The second-order valence-electron chi connectivity index (χ2n) is 7.23. The number of aromatic nitrogens is 5. The first-order valence-electron chi connectivity index (χ1n) is 9.30. The molecule has 0 saturated heterocycles. The van der Waals surface area contributed by atoms with E-state index in [1.807, 2.05) is 11.2 Å². The first kappa shape index (κ1) is 20.2. The van der Waals surface area contributed by atoms with E-state index in [1.54, 1.807) is 0 Å². The van der Waals surface area contributed by atoms with Crippen molar-refractivity contribution >= 4 is 27.5 Å². The number of nitrogens with zero attached hydrogens (tertiary/aromatic N) is 6. The number of anilines is 3. The van der Waals surface area contributed by atoms with Gasteiger partial charge in [-0.25, -0.2) is 32.9 Å². The number of sulfonamides is 1. The van der Waals surface area contributed by atoms with E-state index < -0.39 is 15.8 Å². The molecular formula is C18H21FN8O2S. The molecule has 1 aliphatic heterocycles. The largest absolute Gasteiger partial charge is 0.348 e. The van der Waals surface area contributed by atoms with Gasteiger partial charge in [-0.3, -0.25) is 0 Å². The van der Waals surface area contributed by atoms with Gasteiger partial charge in [0.15, 0.2) is 16.7 Å². The molecule has 4 heterocycles. The first-order valence-corrected chi connectivity index (χ1v) is 10.8. The van der Waals surface area contributed by atoms with Gasteiger partial charge in [0.2, 0.25) is 5.95 Å². The highest BCUT2D eigenvalue weighted by atomic mass is 32.2. The second kappa shape index (κ2) is 7.61. The Bertz CT molecular complexity index is 1180. The van der Waals surface area contributed by atoms with Gasteiger partial charge >= 0.3 is 0 Å². The number of nitrogens with one attached hydrogen (secondary N) is 1. The first-order chi connectivity index (χ1) is 14.2. The summed E-state index contributed by atoms with van der Waals surface area (Å²) in [6.45, 7) is 5.22. The minimum atomic E-state index is -3.88. The topological polar surface area (TPSA) is 132 Å². The van der Waals surface area contributed by atoms with Crippen LogP contribution in [-0.4, -0.2) is 39.5 Å². The van der Waals surface area contributed by atoms with Gasteiger partial charge in [0, 0.05) is 19.0 Å². The van der Waals surface area contributed by atoms with Crippen LogP contribution in [0.2, 0.25) is 0 Å². The van der Waals surface area contributed by atoms with Crippen LogP contribution in [0, 0.1) is 5.82 Å². The van der Waals surface area contributed by atoms with Crippen molar-refractivity contribution in [1.29, 1.82) is 0 Å². The van der Waals surface area contributed by atoms with Crippen LogP contribution in [0.25, 0.3) is 0 Å². The number of nitrogens with two attached hydrogens (primary N) is 1. The molecule has 3 aromatic rings. The van der Waals surface area contributed by atoms with Crippen molar-refractivity contribution in [1.82, 2.24) is 24.5 Å². The highest BCUT2D eigenvalue weighted by molar-refractivity contribution is 7.89. The lowest BCUT2D eigenvalue weighted by atomic mass is 10.1. The third-order valence-corrected chi connectivity index (χ3v) is 5.63. The van der Waals surface area contributed by atoms with Crippen LogP contribution in [0.4, 0.5) is 21.8 Å². The van der Waals surface area contributed by atoms with Gasteiger partial charge in [-0.2, -0.15) is 4.98 Å². The zero-order valence-electron chi connectivity index (χ0n) is 16.4. The molecule has 1 aliphatic rings. The van der Waals surface area contributed by atoms with Crippen molar-refractivity contribution in [3.63, 3.8) is 0 Å². The maximum absolute atomic E-state index is 14.5. The average Bonchev–Trinajstić information content (AvgIpc) is 3.12. The van der Waals surface area contributed by atoms with Crippen molar-refractivity contribution in [2.45, 2.75) is 37.9 Å². The molecule has 0 radical (unpaired) electrons. The molecular weight excluding hydrogens is 411 g/mol. The fourth-order valence-electron chi connectivity index (χ4n) is 3.33. The van der Waals surface area contributed by atoms with Gasteiger partial charge in [-0.15, -0.1) is 0 Å². The van der Waals surface area contributed by atoms with Gasteiger partial charge in [0.1, 0.15) is 0 Å². The molecule has 3 N–H and O–H groups in total. The molecule has 0 saturated carbocycles. The summed E-state index contributed by atoms with van der Waals surface area (Å²) in [4.78, 5) is 18.4. The molecule has 0 aliphatic carbocycles. The van der Waals surface area contributed by atoms with Crippen molar-refractivity contribution < 1.29 is 12.8 Å².